The van der Waals surface area contributed by atoms with Crippen LogP contribution < -0.4 is 4.74 Å². The Hall–Kier alpha value is -2.04. The molecule has 0 aliphatic carbocycles. The van der Waals surface area contributed by atoms with Crippen molar-refractivity contribution in [3.05, 3.63) is 29.8 Å². The zero-order chi connectivity index (χ0) is 14.4. The van der Waals surface area contributed by atoms with Crippen molar-refractivity contribution in [3.63, 3.8) is 0 Å². The number of carboxylic acid groups (broad SMARTS) is 1. The lowest BCUT2D eigenvalue weighted by atomic mass is 10.1. The normalized spacial score (nSPS) is 11.7. The molecular formula is C14H19NO4. The Labute approximate surface area is 112 Å². The number of benzene rings is 1. The molecule has 104 valence electrons. The maximum absolute atomic E-state index is 11.7. The predicted molar refractivity (Wildman–Crippen MR) is 71.1 cm³/mol. The van der Waals surface area contributed by atoms with Gasteiger partial charge >= 0.3 is 5.97 Å². The van der Waals surface area contributed by atoms with E-state index in [2.05, 4.69) is 0 Å². The van der Waals surface area contributed by atoms with E-state index in [-0.39, 0.29) is 5.91 Å². The molecule has 0 fully saturated rings. The summed E-state index contributed by atoms with van der Waals surface area (Å²) < 4.78 is 5.12. The summed E-state index contributed by atoms with van der Waals surface area (Å²) >= 11 is 0. The fraction of sp³-hybridized carbons (Fsp3) is 0.429. The van der Waals surface area contributed by atoms with Crippen LogP contribution in [0.5, 0.6) is 5.75 Å². The average molecular weight is 265 g/mol. The van der Waals surface area contributed by atoms with Crippen LogP contribution in [0.25, 0.3) is 0 Å². The Bertz CT molecular complexity index is 459. The predicted octanol–water partition coefficient (Wildman–Crippen LogP) is 1.42. The molecule has 0 saturated carbocycles. The number of carboxylic acids is 1. The van der Waals surface area contributed by atoms with E-state index in [1.54, 1.807) is 14.2 Å². The van der Waals surface area contributed by atoms with Crippen LogP contribution in [0.3, 0.4) is 0 Å². The van der Waals surface area contributed by atoms with Gasteiger partial charge in [-0.15, -0.1) is 0 Å². The van der Waals surface area contributed by atoms with E-state index in [1.807, 2.05) is 24.3 Å². The van der Waals surface area contributed by atoms with Gasteiger partial charge in [-0.2, -0.15) is 0 Å². The summed E-state index contributed by atoms with van der Waals surface area (Å²) in [6.45, 7) is 1.87. The first-order valence-electron chi connectivity index (χ1n) is 6.06. The van der Waals surface area contributed by atoms with Crippen molar-refractivity contribution in [1.29, 1.82) is 0 Å². The Balaban J connectivity index is 2.56. The number of amides is 1. The fourth-order valence-corrected chi connectivity index (χ4v) is 1.67. The van der Waals surface area contributed by atoms with Crippen molar-refractivity contribution < 1.29 is 19.4 Å². The van der Waals surface area contributed by atoms with Crippen molar-refractivity contribution >= 4 is 11.9 Å². The Morgan fingerprint density at radius 2 is 2.11 bits per heavy atom. The first-order valence-corrected chi connectivity index (χ1v) is 6.06. The molecule has 1 atom stereocenters. The third-order valence-corrected chi connectivity index (χ3v) is 2.99. The van der Waals surface area contributed by atoms with Gasteiger partial charge in [0, 0.05) is 13.6 Å². The lowest BCUT2D eigenvalue weighted by molar-refractivity contribution is -0.149. The van der Waals surface area contributed by atoms with E-state index >= 15 is 0 Å². The van der Waals surface area contributed by atoms with Gasteiger partial charge in [0.25, 0.3) is 0 Å². The number of hydrogen-bond donors (Lipinski definition) is 1. The maximum atomic E-state index is 11.7. The standard InChI is InChI=1S/C14H19NO4/c1-10(14(17)18)13(16)15(2)8-7-11-5-4-6-12(9-11)19-3/h4-6,9-10H,7-8H2,1-3H3,(H,17,18). The molecule has 1 unspecified atom stereocenters. The third kappa shape index (κ3) is 4.28. The second-order valence-electron chi connectivity index (χ2n) is 4.42. The van der Waals surface area contributed by atoms with Crippen LogP contribution in [0.1, 0.15) is 12.5 Å². The van der Waals surface area contributed by atoms with Gasteiger partial charge < -0.3 is 14.7 Å². The molecule has 0 bridgehead atoms. The quantitative estimate of drug-likeness (QED) is 0.790. The molecule has 0 aliphatic heterocycles. The number of hydrogen-bond acceptors (Lipinski definition) is 3. The monoisotopic (exact) mass is 265 g/mol. The molecule has 0 saturated heterocycles. The maximum Gasteiger partial charge on any atom is 0.315 e. The molecule has 1 rings (SSSR count). The highest BCUT2D eigenvalue weighted by Gasteiger charge is 2.23. The van der Waals surface area contributed by atoms with Gasteiger partial charge in [-0.25, -0.2) is 0 Å². The Kier molecular flexibility index (Phi) is 5.36. The van der Waals surface area contributed by atoms with Crippen LogP contribution >= 0.6 is 0 Å². The molecule has 0 spiro atoms. The zero-order valence-electron chi connectivity index (χ0n) is 11.4. The molecule has 1 N–H and O–H groups in total. The molecule has 19 heavy (non-hydrogen) atoms. The van der Waals surface area contributed by atoms with Crippen molar-refractivity contribution in [2.24, 2.45) is 5.92 Å². The Morgan fingerprint density at radius 1 is 1.42 bits per heavy atom. The molecule has 0 aromatic heterocycles. The van der Waals surface area contributed by atoms with Crippen LogP contribution in [0.2, 0.25) is 0 Å². The van der Waals surface area contributed by atoms with E-state index in [1.165, 1.54) is 11.8 Å². The highest BCUT2D eigenvalue weighted by molar-refractivity contribution is 5.96. The van der Waals surface area contributed by atoms with Crippen LogP contribution in [-0.2, 0) is 16.0 Å². The summed E-state index contributed by atoms with van der Waals surface area (Å²) in [5, 5.41) is 8.79. The summed E-state index contributed by atoms with van der Waals surface area (Å²) in [5.74, 6) is -1.71. The average Bonchev–Trinajstić information content (AvgIpc) is 2.43. The van der Waals surface area contributed by atoms with Gasteiger partial charge in [-0.3, -0.25) is 9.59 Å². The lowest BCUT2D eigenvalue weighted by Gasteiger charge is -2.19. The van der Waals surface area contributed by atoms with E-state index in [4.69, 9.17) is 9.84 Å². The summed E-state index contributed by atoms with van der Waals surface area (Å²) in [7, 11) is 3.21. The molecule has 1 aromatic carbocycles. The second-order valence-corrected chi connectivity index (χ2v) is 4.42. The van der Waals surface area contributed by atoms with Crippen molar-refractivity contribution in [2.45, 2.75) is 13.3 Å². The van der Waals surface area contributed by atoms with Crippen LogP contribution in [0.15, 0.2) is 24.3 Å². The summed E-state index contributed by atoms with van der Waals surface area (Å²) in [4.78, 5) is 23.9. The number of nitrogens with zero attached hydrogens (tertiary/aromatic N) is 1. The summed E-state index contributed by atoms with van der Waals surface area (Å²) in [6.07, 6.45) is 0.659. The minimum atomic E-state index is -1.10. The smallest absolute Gasteiger partial charge is 0.315 e. The van der Waals surface area contributed by atoms with Gasteiger partial charge in [0.2, 0.25) is 5.91 Å². The number of methoxy groups -OCH3 is 1. The number of carbonyl (C=O) groups excluding carboxylic acids is 1. The first kappa shape index (κ1) is 15.0. The van der Waals surface area contributed by atoms with Crippen molar-refractivity contribution in [2.75, 3.05) is 20.7 Å². The van der Waals surface area contributed by atoms with Gasteiger partial charge in [0.05, 0.1) is 7.11 Å². The minimum Gasteiger partial charge on any atom is -0.497 e. The van der Waals surface area contributed by atoms with Gasteiger partial charge in [0.15, 0.2) is 0 Å². The lowest BCUT2D eigenvalue weighted by Crippen LogP contribution is -2.36. The molecular weight excluding hydrogens is 246 g/mol. The van der Waals surface area contributed by atoms with Crippen LogP contribution in [0.4, 0.5) is 0 Å². The number of ether oxygens (including phenoxy) is 1. The first-order chi connectivity index (χ1) is 8.95. The van der Waals surface area contributed by atoms with E-state index in [9.17, 15) is 9.59 Å². The largest absolute Gasteiger partial charge is 0.497 e. The summed E-state index contributed by atoms with van der Waals surface area (Å²) in [6, 6.07) is 7.58. The van der Waals surface area contributed by atoms with Crippen molar-refractivity contribution in [1.82, 2.24) is 4.90 Å². The SMILES string of the molecule is COc1cccc(CCN(C)C(=O)C(C)C(=O)O)c1. The fourth-order valence-electron chi connectivity index (χ4n) is 1.67. The second kappa shape index (κ2) is 6.78. The summed E-state index contributed by atoms with van der Waals surface area (Å²) in [5.41, 5.74) is 1.04. The van der Waals surface area contributed by atoms with Gasteiger partial charge in [-0.05, 0) is 31.0 Å². The molecule has 0 aliphatic rings. The van der Waals surface area contributed by atoms with E-state index in [0.717, 1.165) is 11.3 Å². The topological polar surface area (TPSA) is 66.8 Å². The number of likely N-dealkylation sites (N-methyl/N-ethyl adjacent to an activating group) is 1. The molecule has 5 heteroatoms. The van der Waals surface area contributed by atoms with E-state index in [0.29, 0.717) is 13.0 Å². The highest BCUT2D eigenvalue weighted by Crippen LogP contribution is 2.13. The van der Waals surface area contributed by atoms with Crippen molar-refractivity contribution in [3.8, 4) is 5.75 Å². The highest BCUT2D eigenvalue weighted by atomic mass is 16.5. The van der Waals surface area contributed by atoms with Crippen LogP contribution in [0, 0.1) is 5.92 Å². The molecule has 5 nitrogen and oxygen atoms in total. The zero-order valence-corrected chi connectivity index (χ0v) is 11.4. The molecule has 1 aromatic rings. The van der Waals surface area contributed by atoms with E-state index < -0.39 is 11.9 Å². The van der Waals surface area contributed by atoms with Gasteiger partial charge in [0.1, 0.15) is 11.7 Å². The van der Waals surface area contributed by atoms with Gasteiger partial charge in [-0.1, -0.05) is 12.1 Å². The Morgan fingerprint density at radius 3 is 2.68 bits per heavy atom. The molecule has 1 amide bonds. The third-order valence-electron chi connectivity index (χ3n) is 2.99. The minimum absolute atomic E-state index is 0.379. The number of rotatable bonds is 6. The number of aliphatic carboxylic acids is 1. The molecule has 0 radical (unpaired) electrons. The van der Waals surface area contributed by atoms with Crippen LogP contribution in [-0.4, -0.2) is 42.6 Å². The number of carbonyl (C=O) groups is 2. The molecule has 0 heterocycles.